The van der Waals surface area contributed by atoms with E-state index in [-0.39, 0.29) is 0 Å². The molecule has 0 saturated heterocycles. The average molecular weight is 407 g/mol. The van der Waals surface area contributed by atoms with Gasteiger partial charge in [-0.25, -0.2) is 0 Å². The summed E-state index contributed by atoms with van der Waals surface area (Å²) in [5, 5.41) is 13.2. The van der Waals surface area contributed by atoms with Crippen molar-refractivity contribution in [2.24, 2.45) is 0 Å². The van der Waals surface area contributed by atoms with Crippen molar-refractivity contribution in [2.45, 2.75) is 31.9 Å². The molecule has 0 aliphatic carbocycles. The van der Waals surface area contributed by atoms with Gasteiger partial charge in [0.15, 0.2) is 0 Å². The smallest absolute Gasteiger partial charge is 0.0722 e. The van der Waals surface area contributed by atoms with Gasteiger partial charge in [-0.05, 0) is 53.6 Å². The summed E-state index contributed by atoms with van der Waals surface area (Å²) >= 11 is 0. The van der Waals surface area contributed by atoms with E-state index in [1.54, 1.807) is 0 Å². The Balaban J connectivity index is 1.36. The average Bonchev–Trinajstić information content (AvgIpc) is 3.21. The lowest BCUT2D eigenvalue weighted by Gasteiger charge is -2.15. The van der Waals surface area contributed by atoms with Crippen LogP contribution in [0.25, 0.3) is 21.8 Å². The molecule has 1 unspecified atom stereocenters. The maximum absolute atomic E-state index is 10.8. The topological polar surface area (TPSA) is 38.1 Å². The molecule has 0 spiro atoms. The lowest BCUT2D eigenvalue weighted by atomic mass is 9.98. The third-order valence-corrected chi connectivity index (χ3v) is 5.94. The number of fused-ring (bicyclic) bond motifs is 2. The molecule has 3 aromatic carbocycles. The number of hydrogen-bond donors (Lipinski definition) is 1. The van der Waals surface area contributed by atoms with Crippen molar-refractivity contribution < 1.29 is 5.11 Å². The molecule has 3 nitrogen and oxygen atoms in total. The second kappa shape index (κ2) is 8.75. The van der Waals surface area contributed by atoms with E-state index in [1.165, 1.54) is 22.0 Å². The molecule has 2 aromatic heterocycles. The van der Waals surface area contributed by atoms with Crippen molar-refractivity contribution in [3.05, 3.63) is 114 Å². The Labute approximate surface area is 182 Å². The summed E-state index contributed by atoms with van der Waals surface area (Å²) in [5.74, 6) is 0. The minimum Gasteiger partial charge on any atom is -0.391 e. The van der Waals surface area contributed by atoms with Crippen molar-refractivity contribution in [2.75, 3.05) is 0 Å². The Kier molecular flexibility index (Phi) is 5.51. The first-order valence-electron chi connectivity index (χ1n) is 10.9. The summed E-state index contributed by atoms with van der Waals surface area (Å²) in [6, 6.07) is 31.4. The number of aryl methyl sites for hydroxylation is 1. The van der Waals surface area contributed by atoms with Crippen LogP contribution in [0.2, 0.25) is 0 Å². The number of aliphatic hydroxyl groups is 1. The quantitative estimate of drug-likeness (QED) is 0.372. The fraction of sp³-hybridized carbons (Fsp3) is 0.179. The number of pyridine rings is 1. The van der Waals surface area contributed by atoms with Crippen molar-refractivity contribution >= 4 is 21.8 Å². The van der Waals surface area contributed by atoms with Gasteiger partial charge in [0, 0.05) is 35.8 Å². The molecule has 0 bridgehead atoms. The predicted molar refractivity (Wildman–Crippen MR) is 127 cm³/mol. The highest BCUT2D eigenvalue weighted by atomic mass is 16.3. The molecule has 1 atom stereocenters. The highest BCUT2D eigenvalue weighted by Crippen LogP contribution is 2.22. The van der Waals surface area contributed by atoms with E-state index in [9.17, 15) is 5.11 Å². The Morgan fingerprint density at radius 3 is 2.42 bits per heavy atom. The highest BCUT2D eigenvalue weighted by molar-refractivity contribution is 5.80. The first-order valence-corrected chi connectivity index (χ1v) is 10.9. The number of para-hydroxylation sites is 2. The van der Waals surface area contributed by atoms with Gasteiger partial charge in [-0.15, -0.1) is 0 Å². The van der Waals surface area contributed by atoms with E-state index >= 15 is 0 Å². The van der Waals surface area contributed by atoms with Crippen LogP contribution in [0.1, 0.15) is 23.2 Å². The summed E-state index contributed by atoms with van der Waals surface area (Å²) in [6.45, 7) is 0.600. The lowest BCUT2D eigenvalue weighted by molar-refractivity contribution is 0.146. The summed E-state index contributed by atoms with van der Waals surface area (Å²) < 4.78 is 2.14. The standard InChI is InChI=1S/C28H26N2O/c31-25(20-30-17-16-22-10-5-7-13-28(22)30)15-14-24-19-23-11-4-6-12-26(23)29-27(24)18-21-8-2-1-3-9-21/h1-13,16-17,19,25,31H,14-15,18,20H2. The van der Waals surface area contributed by atoms with Gasteiger partial charge in [0.25, 0.3) is 0 Å². The van der Waals surface area contributed by atoms with E-state index in [2.05, 4.69) is 77.5 Å². The zero-order valence-electron chi connectivity index (χ0n) is 17.5. The molecule has 154 valence electrons. The van der Waals surface area contributed by atoms with E-state index in [1.807, 2.05) is 24.3 Å². The molecule has 0 fully saturated rings. The maximum atomic E-state index is 10.8. The second-order valence-corrected chi connectivity index (χ2v) is 8.17. The molecular formula is C28H26N2O. The van der Waals surface area contributed by atoms with Gasteiger partial charge in [-0.3, -0.25) is 4.98 Å². The number of hydrogen-bond acceptors (Lipinski definition) is 2. The number of rotatable bonds is 7. The van der Waals surface area contributed by atoms with Gasteiger partial charge >= 0.3 is 0 Å². The van der Waals surface area contributed by atoms with Gasteiger partial charge in [0.05, 0.1) is 11.6 Å². The molecule has 0 aliphatic rings. The molecule has 0 aliphatic heterocycles. The van der Waals surface area contributed by atoms with Gasteiger partial charge in [0.2, 0.25) is 0 Å². The minimum atomic E-state index is -0.410. The minimum absolute atomic E-state index is 0.410. The highest BCUT2D eigenvalue weighted by Gasteiger charge is 2.12. The van der Waals surface area contributed by atoms with Crippen LogP contribution in [0.3, 0.4) is 0 Å². The molecule has 0 radical (unpaired) electrons. The fourth-order valence-corrected chi connectivity index (χ4v) is 4.30. The molecule has 5 aromatic rings. The van der Waals surface area contributed by atoms with Gasteiger partial charge < -0.3 is 9.67 Å². The Hall–Kier alpha value is -3.43. The van der Waals surface area contributed by atoms with E-state index in [4.69, 9.17) is 4.98 Å². The van der Waals surface area contributed by atoms with E-state index in [0.717, 1.165) is 29.4 Å². The Morgan fingerprint density at radius 2 is 1.55 bits per heavy atom. The molecule has 31 heavy (non-hydrogen) atoms. The third-order valence-electron chi connectivity index (χ3n) is 5.94. The van der Waals surface area contributed by atoms with E-state index in [0.29, 0.717) is 13.0 Å². The molecule has 5 rings (SSSR count). The molecular weight excluding hydrogens is 380 g/mol. The Morgan fingerprint density at radius 1 is 0.806 bits per heavy atom. The van der Waals surface area contributed by atoms with Crippen LogP contribution in [-0.4, -0.2) is 20.8 Å². The van der Waals surface area contributed by atoms with Crippen molar-refractivity contribution in [3.63, 3.8) is 0 Å². The van der Waals surface area contributed by atoms with Gasteiger partial charge in [-0.1, -0.05) is 66.7 Å². The van der Waals surface area contributed by atoms with Crippen LogP contribution in [0, 0.1) is 0 Å². The molecule has 3 heteroatoms. The summed E-state index contributed by atoms with van der Waals surface area (Å²) in [7, 11) is 0. The number of aromatic nitrogens is 2. The first kappa shape index (κ1) is 19.5. The largest absolute Gasteiger partial charge is 0.391 e. The molecule has 0 saturated carbocycles. The van der Waals surface area contributed by atoms with Crippen molar-refractivity contribution in [3.8, 4) is 0 Å². The third kappa shape index (κ3) is 4.37. The van der Waals surface area contributed by atoms with Crippen LogP contribution in [0.15, 0.2) is 97.2 Å². The van der Waals surface area contributed by atoms with Gasteiger partial charge in [-0.2, -0.15) is 0 Å². The van der Waals surface area contributed by atoms with Crippen LogP contribution < -0.4 is 0 Å². The fourth-order valence-electron chi connectivity index (χ4n) is 4.30. The lowest BCUT2D eigenvalue weighted by Crippen LogP contribution is -2.16. The van der Waals surface area contributed by atoms with Crippen LogP contribution in [0.5, 0.6) is 0 Å². The van der Waals surface area contributed by atoms with Gasteiger partial charge in [0.1, 0.15) is 0 Å². The summed E-state index contributed by atoms with van der Waals surface area (Å²) in [4.78, 5) is 4.98. The SMILES string of the molecule is OC(CCc1cc2ccccc2nc1Cc1ccccc1)Cn1ccc2ccccc21. The van der Waals surface area contributed by atoms with Crippen molar-refractivity contribution in [1.82, 2.24) is 9.55 Å². The summed E-state index contributed by atoms with van der Waals surface area (Å²) in [6.07, 6.45) is 3.97. The Bertz CT molecular complexity index is 1310. The molecule has 2 heterocycles. The number of benzene rings is 3. The molecule has 1 N–H and O–H groups in total. The monoisotopic (exact) mass is 406 g/mol. The second-order valence-electron chi connectivity index (χ2n) is 8.17. The van der Waals surface area contributed by atoms with E-state index < -0.39 is 6.10 Å². The van der Waals surface area contributed by atoms with Crippen LogP contribution >= 0.6 is 0 Å². The normalized spacial score (nSPS) is 12.4. The predicted octanol–water partition coefficient (Wildman–Crippen LogP) is 5.77. The zero-order valence-corrected chi connectivity index (χ0v) is 17.5. The van der Waals surface area contributed by atoms with Crippen LogP contribution in [0.4, 0.5) is 0 Å². The zero-order chi connectivity index (χ0) is 21.0. The maximum Gasteiger partial charge on any atom is 0.0722 e. The first-order chi connectivity index (χ1) is 15.3. The van der Waals surface area contributed by atoms with Crippen molar-refractivity contribution in [1.29, 1.82) is 0 Å². The number of nitrogens with zero attached hydrogens (tertiary/aromatic N) is 2. The molecule has 0 amide bonds. The summed E-state index contributed by atoms with van der Waals surface area (Å²) in [5.41, 5.74) is 5.77. The van der Waals surface area contributed by atoms with Crippen LogP contribution in [-0.2, 0) is 19.4 Å². The number of aliphatic hydroxyl groups excluding tert-OH is 1.